The SMILES string of the molecule is CCCC(c1ccc2c(c1)OCO2)C(F)(F)F. The van der Waals surface area contributed by atoms with E-state index in [0.29, 0.717) is 17.9 Å². The number of ether oxygens (including phenoxy) is 2. The summed E-state index contributed by atoms with van der Waals surface area (Å²) in [4.78, 5) is 0. The number of rotatable bonds is 3. The first kappa shape index (κ1) is 12.1. The Kier molecular flexibility index (Phi) is 3.17. The molecule has 0 fully saturated rings. The summed E-state index contributed by atoms with van der Waals surface area (Å²) in [6, 6.07) is 4.42. The first-order valence-electron chi connectivity index (χ1n) is 5.48. The average Bonchev–Trinajstić information content (AvgIpc) is 2.71. The van der Waals surface area contributed by atoms with E-state index in [4.69, 9.17) is 9.47 Å². The molecule has 0 radical (unpaired) electrons. The smallest absolute Gasteiger partial charge is 0.395 e. The number of hydrogen-bond donors (Lipinski definition) is 0. The normalized spacial score (nSPS) is 16.0. The van der Waals surface area contributed by atoms with Crippen molar-refractivity contribution in [2.24, 2.45) is 0 Å². The Morgan fingerprint density at radius 2 is 1.94 bits per heavy atom. The van der Waals surface area contributed by atoms with E-state index in [1.807, 2.05) is 0 Å². The Morgan fingerprint density at radius 1 is 1.24 bits per heavy atom. The highest BCUT2D eigenvalue weighted by Crippen LogP contribution is 2.42. The van der Waals surface area contributed by atoms with Crippen LogP contribution >= 0.6 is 0 Å². The summed E-state index contributed by atoms with van der Waals surface area (Å²) < 4.78 is 48.8. The van der Waals surface area contributed by atoms with Gasteiger partial charge in [0.2, 0.25) is 6.79 Å². The first-order valence-corrected chi connectivity index (χ1v) is 5.48. The third-order valence-corrected chi connectivity index (χ3v) is 2.77. The Morgan fingerprint density at radius 3 is 2.59 bits per heavy atom. The van der Waals surface area contributed by atoms with Gasteiger partial charge in [-0.05, 0) is 24.1 Å². The second kappa shape index (κ2) is 4.47. The van der Waals surface area contributed by atoms with Gasteiger partial charge in [-0.1, -0.05) is 19.4 Å². The van der Waals surface area contributed by atoms with Gasteiger partial charge in [-0.15, -0.1) is 0 Å². The van der Waals surface area contributed by atoms with Gasteiger partial charge >= 0.3 is 6.18 Å². The molecular weight excluding hydrogens is 233 g/mol. The van der Waals surface area contributed by atoms with Crippen molar-refractivity contribution in [3.63, 3.8) is 0 Å². The van der Waals surface area contributed by atoms with Crippen LogP contribution in [0.5, 0.6) is 11.5 Å². The molecule has 2 nitrogen and oxygen atoms in total. The fourth-order valence-electron chi connectivity index (χ4n) is 1.94. The molecule has 2 rings (SSSR count). The van der Waals surface area contributed by atoms with Crippen LogP contribution in [0, 0.1) is 0 Å². The minimum Gasteiger partial charge on any atom is -0.454 e. The number of alkyl halides is 3. The highest BCUT2D eigenvalue weighted by atomic mass is 19.4. The van der Waals surface area contributed by atoms with E-state index in [1.165, 1.54) is 18.2 Å². The van der Waals surface area contributed by atoms with Crippen molar-refractivity contribution in [3.8, 4) is 11.5 Å². The summed E-state index contributed by atoms with van der Waals surface area (Å²) in [7, 11) is 0. The standard InChI is InChI=1S/C12H13F3O2/c1-2-3-9(12(13,14)15)8-4-5-10-11(6-8)17-7-16-10/h4-6,9H,2-3,7H2,1H3. The summed E-state index contributed by atoms with van der Waals surface area (Å²) >= 11 is 0. The molecule has 0 amide bonds. The Hall–Kier alpha value is -1.39. The van der Waals surface area contributed by atoms with Crippen LogP contribution < -0.4 is 9.47 Å². The van der Waals surface area contributed by atoms with Crippen LogP contribution in [0.2, 0.25) is 0 Å². The van der Waals surface area contributed by atoms with Gasteiger partial charge in [0.25, 0.3) is 0 Å². The Balaban J connectivity index is 2.30. The van der Waals surface area contributed by atoms with Crippen molar-refractivity contribution < 1.29 is 22.6 Å². The van der Waals surface area contributed by atoms with Crippen LogP contribution in [0.3, 0.4) is 0 Å². The first-order chi connectivity index (χ1) is 8.02. The molecule has 0 bridgehead atoms. The van der Waals surface area contributed by atoms with E-state index < -0.39 is 12.1 Å². The van der Waals surface area contributed by atoms with Gasteiger partial charge in [0, 0.05) is 0 Å². The second-order valence-corrected chi connectivity index (χ2v) is 4.00. The molecule has 0 saturated carbocycles. The molecule has 1 heterocycles. The van der Waals surface area contributed by atoms with Gasteiger partial charge in [-0.25, -0.2) is 0 Å². The molecule has 94 valence electrons. The topological polar surface area (TPSA) is 18.5 Å². The molecule has 0 spiro atoms. The zero-order chi connectivity index (χ0) is 12.5. The fraction of sp³-hybridized carbons (Fsp3) is 0.500. The predicted molar refractivity (Wildman–Crippen MR) is 56.3 cm³/mol. The van der Waals surface area contributed by atoms with Gasteiger partial charge in [-0.3, -0.25) is 0 Å². The lowest BCUT2D eigenvalue weighted by Crippen LogP contribution is -2.20. The molecule has 1 unspecified atom stereocenters. The molecule has 5 heteroatoms. The lowest BCUT2D eigenvalue weighted by atomic mass is 9.93. The van der Waals surface area contributed by atoms with Crippen LogP contribution in [0.4, 0.5) is 13.2 Å². The number of benzene rings is 1. The molecule has 0 aliphatic carbocycles. The summed E-state index contributed by atoms with van der Waals surface area (Å²) in [5.41, 5.74) is 0.239. The zero-order valence-electron chi connectivity index (χ0n) is 9.38. The van der Waals surface area contributed by atoms with Crippen LogP contribution in [0.1, 0.15) is 31.2 Å². The van der Waals surface area contributed by atoms with Crippen molar-refractivity contribution >= 4 is 0 Å². The maximum atomic E-state index is 12.9. The summed E-state index contributed by atoms with van der Waals surface area (Å²) in [6.07, 6.45) is -3.65. The molecule has 0 N–H and O–H groups in total. The largest absolute Gasteiger partial charge is 0.454 e. The average molecular weight is 246 g/mol. The van der Waals surface area contributed by atoms with Crippen LogP contribution in [-0.4, -0.2) is 13.0 Å². The monoisotopic (exact) mass is 246 g/mol. The molecule has 1 atom stereocenters. The van der Waals surface area contributed by atoms with Crippen molar-refractivity contribution in [1.82, 2.24) is 0 Å². The van der Waals surface area contributed by atoms with Gasteiger partial charge in [0.1, 0.15) is 0 Å². The highest BCUT2D eigenvalue weighted by Gasteiger charge is 2.40. The Labute approximate surface area is 97.3 Å². The molecule has 1 aromatic carbocycles. The predicted octanol–water partition coefficient (Wildman–Crippen LogP) is 3.86. The number of halogens is 3. The van der Waals surface area contributed by atoms with Crippen LogP contribution in [0.25, 0.3) is 0 Å². The Bertz CT molecular complexity index is 401. The number of hydrogen-bond acceptors (Lipinski definition) is 2. The second-order valence-electron chi connectivity index (χ2n) is 4.00. The maximum absolute atomic E-state index is 12.9. The molecule has 1 aliphatic heterocycles. The van der Waals surface area contributed by atoms with Crippen molar-refractivity contribution in [2.45, 2.75) is 31.9 Å². The van der Waals surface area contributed by atoms with E-state index in [-0.39, 0.29) is 18.8 Å². The lowest BCUT2D eigenvalue weighted by Gasteiger charge is -2.20. The maximum Gasteiger partial charge on any atom is 0.395 e. The third-order valence-electron chi connectivity index (χ3n) is 2.77. The molecule has 17 heavy (non-hydrogen) atoms. The van der Waals surface area contributed by atoms with Gasteiger partial charge in [0.05, 0.1) is 5.92 Å². The molecule has 1 aliphatic rings. The van der Waals surface area contributed by atoms with E-state index >= 15 is 0 Å². The van der Waals surface area contributed by atoms with Crippen molar-refractivity contribution in [1.29, 1.82) is 0 Å². The van der Waals surface area contributed by atoms with Gasteiger partial charge in [-0.2, -0.15) is 13.2 Å². The van der Waals surface area contributed by atoms with E-state index in [2.05, 4.69) is 0 Å². The summed E-state index contributed by atoms with van der Waals surface area (Å²) in [5.74, 6) is -0.527. The highest BCUT2D eigenvalue weighted by molar-refractivity contribution is 5.45. The molecular formula is C12H13F3O2. The van der Waals surface area contributed by atoms with Crippen LogP contribution in [-0.2, 0) is 0 Å². The van der Waals surface area contributed by atoms with Gasteiger partial charge in [0.15, 0.2) is 11.5 Å². The third kappa shape index (κ3) is 2.48. The quantitative estimate of drug-likeness (QED) is 0.806. The molecule has 0 aromatic heterocycles. The molecule has 1 aromatic rings. The molecule has 0 saturated heterocycles. The summed E-state index contributed by atoms with van der Waals surface area (Å²) in [6.45, 7) is 1.81. The minimum atomic E-state index is -4.22. The summed E-state index contributed by atoms with van der Waals surface area (Å²) in [5, 5.41) is 0. The van der Waals surface area contributed by atoms with E-state index in [0.717, 1.165) is 0 Å². The lowest BCUT2D eigenvalue weighted by molar-refractivity contribution is -0.152. The fourth-order valence-corrected chi connectivity index (χ4v) is 1.94. The van der Waals surface area contributed by atoms with Crippen molar-refractivity contribution in [3.05, 3.63) is 23.8 Å². The van der Waals surface area contributed by atoms with Crippen molar-refractivity contribution in [2.75, 3.05) is 6.79 Å². The van der Waals surface area contributed by atoms with E-state index in [9.17, 15) is 13.2 Å². The van der Waals surface area contributed by atoms with Gasteiger partial charge < -0.3 is 9.47 Å². The zero-order valence-corrected chi connectivity index (χ0v) is 9.38. The number of fused-ring (bicyclic) bond motifs is 1. The van der Waals surface area contributed by atoms with E-state index in [1.54, 1.807) is 6.92 Å². The van der Waals surface area contributed by atoms with Crippen LogP contribution in [0.15, 0.2) is 18.2 Å². The minimum absolute atomic E-state index is 0.0727.